The normalized spacial score (nSPS) is 23.6. The molecular formula is C20H27N3O. The number of carbonyl (C=O) groups is 1. The van der Waals surface area contributed by atoms with Gasteiger partial charge in [-0.3, -0.25) is 9.79 Å². The second kappa shape index (κ2) is 7.20. The Labute approximate surface area is 144 Å². The Hall–Kier alpha value is -2.10. The second-order valence-corrected chi connectivity index (χ2v) is 7.22. The largest absolute Gasteiger partial charge is 0.399 e. The number of benzene rings is 1. The monoisotopic (exact) mass is 325 g/mol. The highest BCUT2D eigenvalue weighted by Gasteiger charge is 2.30. The van der Waals surface area contributed by atoms with E-state index in [0.717, 1.165) is 41.3 Å². The Bertz CT molecular complexity index is 669. The van der Waals surface area contributed by atoms with Gasteiger partial charge in [0.25, 0.3) is 5.91 Å². The van der Waals surface area contributed by atoms with Crippen LogP contribution in [0.3, 0.4) is 0 Å². The topological polar surface area (TPSA) is 58.7 Å². The standard InChI is InChI=1S/C20H27N3O/c1-14-6-8-19(9-7-14)23(13-16-4-3-5-18(21)11-16)20(24)17-10-15(2)22-12-17/h3-5,10-11,14,19H,6-9,12-13,21H2,1-2H3. The van der Waals surface area contributed by atoms with Crippen molar-refractivity contribution in [3.05, 3.63) is 41.5 Å². The molecule has 4 heteroatoms. The van der Waals surface area contributed by atoms with E-state index in [-0.39, 0.29) is 5.91 Å². The van der Waals surface area contributed by atoms with Crippen LogP contribution in [0.2, 0.25) is 0 Å². The van der Waals surface area contributed by atoms with Gasteiger partial charge in [0.1, 0.15) is 0 Å². The van der Waals surface area contributed by atoms with Crippen molar-refractivity contribution in [1.29, 1.82) is 0 Å². The highest BCUT2D eigenvalue weighted by Crippen LogP contribution is 2.29. The van der Waals surface area contributed by atoms with Crippen LogP contribution in [-0.2, 0) is 11.3 Å². The molecule has 1 aromatic rings. The van der Waals surface area contributed by atoms with Gasteiger partial charge in [0.05, 0.1) is 6.54 Å². The lowest BCUT2D eigenvalue weighted by atomic mass is 9.86. The first-order valence-electron chi connectivity index (χ1n) is 8.90. The molecule has 2 aliphatic rings. The molecule has 0 radical (unpaired) electrons. The maximum absolute atomic E-state index is 13.1. The van der Waals surface area contributed by atoms with Gasteiger partial charge < -0.3 is 10.6 Å². The third kappa shape index (κ3) is 3.86. The van der Waals surface area contributed by atoms with Crippen LogP contribution in [0.4, 0.5) is 5.69 Å². The lowest BCUT2D eigenvalue weighted by Crippen LogP contribution is -2.42. The molecule has 0 unspecified atom stereocenters. The Morgan fingerprint density at radius 1 is 1.29 bits per heavy atom. The van der Waals surface area contributed by atoms with Gasteiger partial charge in [0.2, 0.25) is 0 Å². The van der Waals surface area contributed by atoms with E-state index in [1.54, 1.807) is 0 Å². The Balaban J connectivity index is 1.80. The quantitative estimate of drug-likeness (QED) is 0.860. The van der Waals surface area contributed by atoms with Gasteiger partial charge in [-0.25, -0.2) is 0 Å². The van der Waals surface area contributed by atoms with Crippen LogP contribution in [0.1, 0.15) is 45.1 Å². The van der Waals surface area contributed by atoms with Crippen LogP contribution < -0.4 is 5.73 Å². The summed E-state index contributed by atoms with van der Waals surface area (Å²) >= 11 is 0. The van der Waals surface area contributed by atoms with E-state index >= 15 is 0 Å². The minimum Gasteiger partial charge on any atom is -0.399 e. The molecule has 0 saturated heterocycles. The summed E-state index contributed by atoms with van der Waals surface area (Å²) < 4.78 is 0. The molecule has 1 amide bonds. The summed E-state index contributed by atoms with van der Waals surface area (Å²) in [7, 11) is 0. The fraction of sp³-hybridized carbons (Fsp3) is 0.500. The fourth-order valence-electron chi connectivity index (χ4n) is 3.68. The van der Waals surface area contributed by atoms with Crippen LogP contribution in [0.5, 0.6) is 0 Å². The smallest absolute Gasteiger partial charge is 0.252 e. The van der Waals surface area contributed by atoms with Crippen molar-refractivity contribution in [2.24, 2.45) is 10.9 Å². The van der Waals surface area contributed by atoms with Crippen LogP contribution in [0.25, 0.3) is 0 Å². The number of hydrogen-bond donors (Lipinski definition) is 1. The summed E-state index contributed by atoms with van der Waals surface area (Å²) in [5.74, 6) is 0.902. The SMILES string of the molecule is CC1=NCC(C(=O)N(Cc2cccc(N)c2)C2CCC(C)CC2)=C1. The molecular weight excluding hydrogens is 298 g/mol. The predicted octanol–water partition coefficient (Wildman–Crippen LogP) is 3.58. The maximum Gasteiger partial charge on any atom is 0.252 e. The lowest BCUT2D eigenvalue weighted by molar-refractivity contribution is -0.131. The molecule has 1 aromatic carbocycles. The van der Waals surface area contributed by atoms with Gasteiger partial charge in [-0.1, -0.05) is 19.1 Å². The van der Waals surface area contributed by atoms with Crippen molar-refractivity contribution >= 4 is 17.3 Å². The predicted molar refractivity (Wildman–Crippen MR) is 98.9 cm³/mol. The van der Waals surface area contributed by atoms with E-state index in [1.807, 2.05) is 37.3 Å². The van der Waals surface area contributed by atoms with Crippen molar-refractivity contribution in [2.75, 3.05) is 12.3 Å². The van der Waals surface area contributed by atoms with Gasteiger partial charge >= 0.3 is 0 Å². The number of hydrogen-bond acceptors (Lipinski definition) is 3. The summed E-state index contributed by atoms with van der Waals surface area (Å²) in [6.45, 7) is 5.39. The number of carbonyl (C=O) groups excluding carboxylic acids is 1. The Morgan fingerprint density at radius 2 is 2.04 bits per heavy atom. The third-order valence-electron chi connectivity index (χ3n) is 5.15. The van der Waals surface area contributed by atoms with E-state index in [4.69, 9.17) is 5.73 Å². The second-order valence-electron chi connectivity index (χ2n) is 7.22. The zero-order chi connectivity index (χ0) is 17.1. The molecule has 0 spiro atoms. The number of nitrogens with zero attached hydrogens (tertiary/aromatic N) is 2. The molecule has 1 aliphatic carbocycles. The first-order chi connectivity index (χ1) is 11.5. The van der Waals surface area contributed by atoms with E-state index in [2.05, 4.69) is 16.8 Å². The zero-order valence-corrected chi connectivity index (χ0v) is 14.7. The molecule has 128 valence electrons. The molecule has 2 N–H and O–H groups in total. The van der Waals surface area contributed by atoms with Crippen LogP contribution in [0, 0.1) is 5.92 Å². The molecule has 4 nitrogen and oxygen atoms in total. The number of aliphatic imine (C=N–C) groups is 1. The van der Waals surface area contributed by atoms with Gasteiger partial charge in [0, 0.05) is 29.6 Å². The first-order valence-corrected chi connectivity index (χ1v) is 8.90. The van der Waals surface area contributed by atoms with Crippen LogP contribution in [-0.4, -0.2) is 29.1 Å². The number of rotatable bonds is 4. The van der Waals surface area contributed by atoms with Crippen molar-refractivity contribution in [2.45, 2.75) is 52.1 Å². The number of amides is 1. The van der Waals surface area contributed by atoms with E-state index in [0.29, 0.717) is 19.1 Å². The minimum absolute atomic E-state index is 0.137. The summed E-state index contributed by atoms with van der Waals surface area (Å²) in [5, 5.41) is 0. The average Bonchev–Trinajstić information content (AvgIpc) is 3.00. The molecule has 1 fully saturated rings. The summed E-state index contributed by atoms with van der Waals surface area (Å²) in [5.41, 5.74) is 9.52. The summed E-state index contributed by atoms with van der Waals surface area (Å²) in [6.07, 6.45) is 6.49. The summed E-state index contributed by atoms with van der Waals surface area (Å²) in [4.78, 5) is 19.5. The molecule has 1 aliphatic heterocycles. The van der Waals surface area contributed by atoms with E-state index in [1.165, 1.54) is 12.8 Å². The summed E-state index contributed by atoms with van der Waals surface area (Å²) in [6, 6.07) is 8.17. The molecule has 1 heterocycles. The van der Waals surface area contributed by atoms with Crippen LogP contribution >= 0.6 is 0 Å². The minimum atomic E-state index is 0.137. The third-order valence-corrected chi connectivity index (χ3v) is 5.15. The number of allylic oxidation sites excluding steroid dienone is 1. The van der Waals surface area contributed by atoms with Gasteiger partial charge in [-0.2, -0.15) is 0 Å². The van der Waals surface area contributed by atoms with E-state index in [9.17, 15) is 4.79 Å². The van der Waals surface area contributed by atoms with Crippen molar-refractivity contribution < 1.29 is 4.79 Å². The highest BCUT2D eigenvalue weighted by molar-refractivity contribution is 6.06. The fourth-order valence-corrected chi connectivity index (χ4v) is 3.68. The van der Waals surface area contributed by atoms with Gasteiger partial charge in [0.15, 0.2) is 0 Å². The molecule has 0 bridgehead atoms. The zero-order valence-electron chi connectivity index (χ0n) is 14.7. The molecule has 1 saturated carbocycles. The number of anilines is 1. The first kappa shape index (κ1) is 16.7. The molecule has 0 atom stereocenters. The number of nitrogens with two attached hydrogens (primary N) is 1. The lowest BCUT2D eigenvalue weighted by Gasteiger charge is -2.36. The highest BCUT2D eigenvalue weighted by atomic mass is 16.2. The van der Waals surface area contributed by atoms with Crippen molar-refractivity contribution in [3.63, 3.8) is 0 Å². The Morgan fingerprint density at radius 3 is 2.67 bits per heavy atom. The average molecular weight is 325 g/mol. The maximum atomic E-state index is 13.1. The van der Waals surface area contributed by atoms with E-state index < -0.39 is 0 Å². The molecule has 0 aromatic heterocycles. The molecule has 24 heavy (non-hydrogen) atoms. The number of nitrogen functional groups attached to an aromatic ring is 1. The van der Waals surface area contributed by atoms with Crippen molar-refractivity contribution in [3.8, 4) is 0 Å². The van der Waals surface area contributed by atoms with Gasteiger partial charge in [-0.05, 0) is 62.3 Å². The Kier molecular flexibility index (Phi) is 5.03. The molecule has 3 rings (SSSR count). The van der Waals surface area contributed by atoms with Gasteiger partial charge in [-0.15, -0.1) is 0 Å². The van der Waals surface area contributed by atoms with Crippen molar-refractivity contribution in [1.82, 2.24) is 4.90 Å². The van der Waals surface area contributed by atoms with Crippen LogP contribution in [0.15, 0.2) is 40.9 Å².